The van der Waals surface area contributed by atoms with E-state index in [1.807, 2.05) is 37.3 Å². The van der Waals surface area contributed by atoms with E-state index in [0.29, 0.717) is 19.4 Å². The van der Waals surface area contributed by atoms with Crippen molar-refractivity contribution in [1.29, 1.82) is 0 Å². The zero-order valence-corrected chi connectivity index (χ0v) is 28.9. The number of carboxylic acids is 1. The second-order valence-corrected chi connectivity index (χ2v) is 13.0. The van der Waals surface area contributed by atoms with Crippen molar-refractivity contribution in [2.45, 2.75) is 98.0 Å². The predicted molar refractivity (Wildman–Crippen MR) is 182 cm³/mol. The summed E-state index contributed by atoms with van der Waals surface area (Å²) in [6, 6.07) is 5.90. The van der Waals surface area contributed by atoms with Crippen LogP contribution in [-0.4, -0.2) is 81.6 Å². The molecule has 0 saturated carbocycles. The van der Waals surface area contributed by atoms with Crippen molar-refractivity contribution in [3.8, 4) is 0 Å². The average molecular weight is 667 g/mol. The number of nitrogens with two attached hydrogens (primary N) is 1. The number of nitrogens with zero attached hydrogens (tertiary/aromatic N) is 2. The van der Waals surface area contributed by atoms with E-state index in [2.05, 4.69) is 21.0 Å². The summed E-state index contributed by atoms with van der Waals surface area (Å²) in [6.07, 6.45) is 4.10. The maximum atomic E-state index is 13.9. The van der Waals surface area contributed by atoms with Crippen molar-refractivity contribution in [3.63, 3.8) is 0 Å². The summed E-state index contributed by atoms with van der Waals surface area (Å²) in [6.45, 7) is 12.5. The second-order valence-electron chi connectivity index (χ2n) is 13.0. The number of amides is 3. The standard InChI is InChI=1S/C35H50N6O7/c1-8-25-15-14-24-13-11-23(18-28(24)38-25)12-16-26(22(7)48-35(47)29(36)19(2)3)31(42)39-30(20(4)5)32(43)37-21(6)33(44)41-17-9-10-27(40-41)34(45)46/h11-16,18-22,26-27,29-30,40H,8-10,17,36H2,1-7H3,(H,37,43)(H,39,42)(H,45,46)/b16-12+/t21-,22-,26+,27-,29-,30-/m0/s1. The van der Waals surface area contributed by atoms with Gasteiger partial charge in [0.15, 0.2) is 0 Å². The van der Waals surface area contributed by atoms with Crippen LogP contribution in [0.3, 0.4) is 0 Å². The number of rotatable bonds is 14. The summed E-state index contributed by atoms with van der Waals surface area (Å²) in [5.41, 5.74) is 11.2. The van der Waals surface area contributed by atoms with Crippen molar-refractivity contribution in [2.75, 3.05) is 6.54 Å². The maximum absolute atomic E-state index is 13.9. The fourth-order valence-corrected chi connectivity index (χ4v) is 5.26. The SMILES string of the molecule is CCc1ccc2ccc(/C=C/[C@@H](C(=O)N[C@H](C(=O)N[C@@H](C)C(=O)N3CCC[C@@H](C(=O)O)N3)C(C)C)[C@H](C)OC(=O)[C@@H](N)C(C)C)cc2n1. The van der Waals surface area contributed by atoms with Crippen LogP contribution in [0.15, 0.2) is 36.4 Å². The lowest BCUT2D eigenvalue weighted by Crippen LogP contribution is -2.61. The number of benzene rings is 1. The summed E-state index contributed by atoms with van der Waals surface area (Å²) < 4.78 is 5.65. The normalized spacial score (nSPS) is 18.3. The molecule has 13 nitrogen and oxygen atoms in total. The van der Waals surface area contributed by atoms with Gasteiger partial charge in [-0.3, -0.25) is 34.0 Å². The molecule has 1 aliphatic rings. The Morgan fingerprint density at radius 2 is 1.73 bits per heavy atom. The molecule has 0 unspecified atom stereocenters. The lowest BCUT2D eigenvalue weighted by molar-refractivity contribution is -0.154. The summed E-state index contributed by atoms with van der Waals surface area (Å²) in [5, 5.41) is 17.0. The van der Waals surface area contributed by atoms with Gasteiger partial charge in [0.05, 0.1) is 11.4 Å². The van der Waals surface area contributed by atoms with Gasteiger partial charge in [0.2, 0.25) is 11.8 Å². The molecule has 2 aromatic rings. The van der Waals surface area contributed by atoms with E-state index in [1.54, 1.807) is 46.8 Å². The molecule has 1 saturated heterocycles. The van der Waals surface area contributed by atoms with Gasteiger partial charge in [0, 0.05) is 17.6 Å². The van der Waals surface area contributed by atoms with Crippen molar-refractivity contribution >= 4 is 46.6 Å². The van der Waals surface area contributed by atoms with Crippen LogP contribution in [0, 0.1) is 17.8 Å². The number of nitrogens with one attached hydrogen (secondary N) is 3. The minimum atomic E-state index is -1.07. The molecular weight excluding hydrogens is 616 g/mol. The first-order valence-electron chi connectivity index (χ1n) is 16.6. The van der Waals surface area contributed by atoms with Crippen molar-refractivity contribution < 1.29 is 33.8 Å². The van der Waals surface area contributed by atoms with Crippen LogP contribution in [-0.2, 0) is 35.1 Å². The van der Waals surface area contributed by atoms with Crippen LogP contribution in [0.2, 0.25) is 0 Å². The Morgan fingerprint density at radius 1 is 1.04 bits per heavy atom. The van der Waals surface area contributed by atoms with Crippen molar-refractivity contribution in [2.24, 2.45) is 23.5 Å². The Labute approximate surface area is 282 Å². The summed E-state index contributed by atoms with van der Waals surface area (Å²) in [5.74, 6) is -4.92. The number of aliphatic carboxylic acids is 1. The highest BCUT2D eigenvalue weighted by Gasteiger charge is 2.35. The number of pyridine rings is 1. The van der Waals surface area contributed by atoms with Crippen molar-refractivity contribution in [1.82, 2.24) is 26.1 Å². The predicted octanol–water partition coefficient (Wildman–Crippen LogP) is 2.57. The summed E-state index contributed by atoms with van der Waals surface area (Å²) in [4.78, 5) is 69.2. The molecule has 0 radical (unpaired) electrons. The zero-order valence-electron chi connectivity index (χ0n) is 28.9. The lowest BCUT2D eigenvalue weighted by atomic mass is 9.97. The number of hydrogen-bond acceptors (Lipinski definition) is 9. The van der Waals surface area contributed by atoms with Gasteiger partial charge in [-0.1, -0.05) is 65.0 Å². The van der Waals surface area contributed by atoms with Crippen LogP contribution in [0.25, 0.3) is 17.0 Å². The Bertz CT molecular complexity index is 1510. The Hall–Kier alpha value is -4.36. The van der Waals surface area contributed by atoms with Gasteiger partial charge >= 0.3 is 11.9 Å². The molecule has 6 N–H and O–H groups in total. The molecular formula is C35H50N6O7. The van der Waals surface area contributed by atoms with Crippen LogP contribution in [0.1, 0.15) is 72.6 Å². The number of hydrogen-bond donors (Lipinski definition) is 5. The van der Waals surface area contributed by atoms with Gasteiger partial charge in [0.1, 0.15) is 30.3 Å². The zero-order chi connectivity index (χ0) is 35.7. The first kappa shape index (κ1) is 38.1. The van der Waals surface area contributed by atoms with Crippen LogP contribution < -0.4 is 21.8 Å². The second kappa shape index (κ2) is 17.2. The molecule has 0 spiro atoms. The van der Waals surface area contributed by atoms with E-state index in [4.69, 9.17) is 10.5 Å². The van der Waals surface area contributed by atoms with E-state index < -0.39 is 65.8 Å². The molecule has 1 aromatic carbocycles. The first-order valence-corrected chi connectivity index (χ1v) is 16.6. The molecule has 1 fully saturated rings. The molecule has 48 heavy (non-hydrogen) atoms. The summed E-state index contributed by atoms with van der Waals surface area (Å²) >= 11 is 0. The van der Waals surface area contributed by atoms with Gasteiger partial charge < -0.3 is 26.2 Å². The van der Waals surface area contributed by atoms with Crippen LogP contribution in [0.5, 0.6) is 0 Å². The molecule has 13 heteroatoms. The lowest BCUT2D eigenvalue weighted by Gasteiger charge is -2.34. The highest BCUT2D eigenvalue weighted by Crippen LogP contribution is 2.20. The third kappa shape index (κ3) is 10.1. The number of carbonyl (C=O) groups is 5. The number of fused-ring (bicyclic) bond motifs is 1. The van der Waals surface area contributed by atoms with Gasteiger partial charge in [-0.15, -0.1) is 0 Å². The van der Waals surface area contributed by atoms with Gasteiger partial charge in [-0.2, -0.15) is 0 Å². The third-order valence-corrected chi connectivity index (χ3v) is 8.46. The topological polar surface area (TPSA) is 193 Å². The Balaban J connectivity index is 1.82. The number of aryl methyl sites for hydroxylation is 1. The van der Waals surface area contributed by atoms with E-state index >= 15 is 0 Å². The highest BCUT2D eigenvalue weighted by molar-refractivity contribution is 5.93. The molecule has 3 amide bonds. The van der Waals surface area contributed by atoms with Gasteiger partial charge in [0.25, 0.3) is 5.91 Å². The molecule has 1 aliphatic heterocycles. The molecule has 262 valence electrons. The molecule has 3 rings (SSSR count). The van der Waals surface area contributed by atoms with E-state index in [0.717, 1.165) is 28.6 Å². The Morgan fingerprint density at radius 3 is 2.35 bits per heavy atom. The number of carbonyl (C=O) groups excluding carboxylic acids is 4. The molecule has 2 heterocycles. The maximum Gasteiger partial charge on any atom is 0.323 e. The van der Waals surface area contributed by atoms with Crippen LogP contribution in [0.4, 0.5) is 0 Å². The van der Waals surface area contributed by atoms with E-state index in [-0.39, 0.29) is 11.8 Å². The molecule has 0 aliphatic carbocycles. The van der Waals surface area contributed by atoms with Gasteiger partial charge in [-0.25, -0.2) is 5.43 Å². The third-order valence-electron chi connectivity index (χ3n) is 8.46. The Kier molecular flexibility index (Phi) is 13.6. The minimum absolute atomic E-state index is 0.181. The number of esters is 1. The summed E-state index contributed by atoms with van der Waals surface area (Å²) in [7, 11) is 0. The monoisotopic (exact) mass is 666 g/mol. The molecule has 6 atom stereocenters. The van der Waals surface area contributed by atoms with Gasteiger partial charge in [-0.05, 0) is 62.6 Å². The fraction of sp³-hybridized carbons (Fsp3) is 0.543. The quantitative estimate of drug-likeness (QED) is 0.187. The fourth-order valence-electron chi connectivity index (χ4n) is 5.26. The number of aromatic nitrogens is 1. The largest absolute Gasteiger partial charge is 0.480 e. The number of hydrazine groups is 1. The molecule has 0 bridgehead atoms. The minimum Gasteiger partial charge on any atom is -0.480 e. The van der Waals surface area contributed by atoms with Crippen molar-refractivity contribution in [3.05, 3.63) is 47.7 Å². The average Bonchev–Trinajstić information content (AvgIpc) is 3.05. The smallest absolute Gasteiger partial charge is 0.323 e. The van der Waals surface area contributed by atoms with Crippen LogP contribution >= 0.6 is 0 Å². The number of ether oxygens (including phenoxy) is 1. The number of carboxylic acid groups (broad SMARTS) is 1. The van der Waals surface area contributed by atoms with E-state index in [1.165, 1.54) is 11.9 Å². The first-order chi connectivity index (χ1) is 22.6. The van der Waals surface area contributed by atoms with E-state index in [9.17, 15) is 29.1 Å². The molecule has 1 aromatic heterocycles. The highest BCUT2D eigenvalue weighted by atomic mass is 16.5.